The molecular weight excluding hydrogens is 450 g/mol. The van der Waals surface area contributed by atoms with Crippen LogP contribution in [0.15, 0.2) is 75.9 Å². The summed E-state index contributed by atoms with van der Waals surface area (Å²) in [4.78, 5) is 28.9. The van der Waals surface area contributed by atoms with Gasteiger partial charge in [0, 0.05) is 10.7 Å². The summed E-state index contributed by atoms with van der Waals surface area (Å²) in [7, 11) is 0. The van der Waals surface area contributed by atoms with E-state index in [1.54, 1.807) is 23.1 Å². The third kappa shape index (κ3) is 3.86. The SMILES string of the molecule is CCCCOc1ccc(C2c3c(oc4ccc(Cl)cc4c3=O)C(=O)N2c2ccc(C)cc2)cc1. The minimum Gasteiger partial charge on any atom is -0.494 e. The molecule has 1 aromatic heterocycles. The number of aryl methyl sites for hydroxylation is 1. The van der Waals surface area contributed by atoms with E-state index in [-0.39, 0.29) is 17.1 Å². The highest BCUT2D eigenvalue weighted by molar-refractivity contribution is 6.31. The Morgan fingerprint density at radius 1 is 1.00 bits per heavy atom. The van der Waals surface area contributed by atoms with Crippen LogP contribution < -0.4 is 15.1 Å². The van der Waals surface area contributed by atoms with Gasteiger partial charge in [0.2, 0.25) is 5.76 Å². The van der Waals surface area contributed by atoms with Crippen molar-refractivity contribution in [1.82, 2.24) is 0 Å². The Kier molecular flexibility index (Phi) is 5.88. The first-order valence-corrected chi connectivity index (χ1v) is 11.7. The number of carbonyl (C=O) groups is 1. The Bertz CT molecular complexity index is 1420. The topological polar surface area (TPSA) is 59.8 Å². The molecule has 0 saturated heterocycles. The maximum absolute atomic E-state index is 13.7. The molecule has 34 heavy (non-hydrogen) atoms. The van der Waals surface area contributed by atoms with Crippen molar-refractivity contribution < 1.29 is 13.9 Å². The summed E-state index contributed by atoms with van der Waals surface area (Å²) in [5.74, 6) is 0.468. The molecule has 0 radical (unpaired) electrons. The Balaban J connectivity index is 1.67. The number of anilines is 1. The monoisotopic (exact) mass is 473 g/mol. The van der Waals surface area contributed by atoms with E-state index in [9.17, 15) is 9.59 Å². The van der Waals surface area contributed by atoms with Gasteiger partial charge in [0.05, 0.1) is 23.6 Å². The van der Waals surface area contributed by atoms with Crippen molar-refractivity contribution in [2.45, 2.75) is 32.7 Å². The Hall–Kier alpha value is -3.57. The number of benzene rings is 3. The van der Waals surface area contributed by atoms with Crippen molar-refractivity contribution in [2.75, 3.05) is 11.5 Å². The van der Waals surface area contributed by atoms with Crippen LogP contribution >= 0.6 is 11.6 Å². The first kappa shape index (κ1) is 22.2. The van der Waals surface area contributed by atoms with Gasteiger partial charge >= 0.3 is 0 Å². The van der Waals surface area contributed by atoms with E-state index in [1.807, 2.05) is 55.5 Å². The van der Waals surface area contributed by atoms with Crippen molar-refractivity contribution in [3.63, 3.8) is 0 Å². The van der Waals surface area contributed by atoms with E-state index in [0.29, 0.717) is 33.8 Å². The number of amides is 1. The van der Waals surface area contributed by atoms with Gasteiger partial charge in [-0.15, -0.1) is 0 Å². The minimum absolute atomic E-state index is 0.0636. The molecule has 0 aliphatic carbocycles. The average Bonchev–Trinajstić information content (AvgIpc) is 3.13. The molecule has 1 atom stereocenters. The molecular formula is C28H24ClNO4. The Morgan fingerprint density at radius 2 is 1.74 bits per heavy atom. The van der Waals surface area contributed by atoms with Gasteiger partial charge in [-0.2, -0.15) is 0 Å². The molecule has 1 amide bonds. The first-order chi connectivity index (χ1) is 16.5. The normalized spacial score (nSPS) is 15.1. The molecule has 6 heteroatoms. The summed E-state index contributed by atoms with van der Waals surface area (Å²) in [6.07, 6.45) is 2.03. The molecule has 0 N–H and O–H groups in total. The number of rotatable bonds is 6. The third-order valence-corrected chi connectivity index (χ3v) is 6.34. The highest BCUT2D eigenvalue weighted by Crippen LogP contribution is 2.41. The van der Waals surface area contributed by atoms with Crippen LogP contribution in [0.25, 0.3) is 11.0 Å². The van der Waals surface area contributed by atoms with E-state index >= 15 is 0 Å². The molecule has 0 fully saturated rings. The lowest BCUT2D eigenvalue weighted by atomic mass is 9.98. The second-order valence-electron chi connectivity index (χ2n) is 8.50. The van der Waals surface area contributed by atoms with Crippen LogP contribution in [0.1, 0.15) is 53.1 Å². The van der Waals surface area contributed by atoms with Gasteiger partial charge in [-0.3, -0.25) is 14.5 Å². The highest BCUT2D eigenvalue weighted by Gasteiger charge is 2.43. The maximum atomic E-state index is 13.7. The highest BCUT2D eigenvalue weighted by atomic mass is 35.5. The number of ether oxygens (including phenoxy) is 1. The summed E-state index contributed by atoms with van der Waals surface area (Å²) < 4.78 is 11.8. The summed E-state index contributed by atoms with van der Waals surface area (Å²) >= 11 is 6.16. The number of unbranched alkanes of at least 4 members (excludes halogenated alkanes) is 1. The molecule has 0 spiro atoms. The van der Waals surface area contributed by atoms with Gasteiger partial charge in [-0.1, -0.05) is 54.8 Å². The molecule has 172 valence electrons. The second-order valence-corrected chi connectivity index (χ2v) is 8.94. The summed E-state index contributed by atoms with van der Waals surface area (Å²) in [6.45, 7) is 4.75. The van der Waals surface area contributed by atoms with Crippen LogP contribution in [0.2, 0.25) is 5.02 Å². The fourth-order valence-electron chi connectivity index (χ4n) is 4.31. The number of carbonyl (C=O) groups excluding carboxylic acids is 1. The largest absolute Gasteiger partial charge is 0.494 e. The third-order valence-electron chi connectivity index (χ3n) is 6.11. The molecule has 1 unspecified atom stereocenters. The van der Waals surface area contributed by atoms with Gasteiger partial charge in [-0.05, 0) is 61.4 Å². The van der Waals surface area contributed by atoms with Crippen LogP contribution in [0, 0.1) is 6.92 Å². The number of nitrogens with zero attached hydrogens (tertiary/aromatic N) is 1. The van der Waals surface area contributed by atoms with Crippen LogP contribution in [-0.4, -0.2) is 12.5 Å². The molecule has 1 aliphatic rings. The van der Waals surface area contributed by atoms with Crippen LogP contribution in [-0.2, 0) is 0 Å². The number of fused-ring (bicyclic) bond motifs is 2. The molecule has 0 saturated carbocycles. The summed E-state index contributed by atoms with van der Waals surface area (Å²) in [5.41, 5.74) is 2.97. The summed E-state index contributed by atoms with van der Waals surface area (Å²) in [6, 6.07) is 19.4. The van der Waals surface area contributed by atoms with Crippen molar-refractivity contribution in [2.24, 2.45) is 0 Å². The molecule has 1 aliphatic heterocycles. The van der Waals surface area contributed by atoms with Crippen molar-refractivity contribution in [3.8, 4) is 5.75 Å². The standard InChI is InChI=1S/C28H24ClNO4/c1-3-4-15-33-21-12-7-18(8-13-21)25-24-26(31)22-16-19(29)9-14-23(22)34-27(24)28(32)30(25)20-10-5-17(2)6-11-20/h5-14,16,25H,3-4,15H2,1-2H3. The lowest BCUT2D eigenvalue weighted by molar-refractivity contribution is 0.0971. The van der Waals surface area contributed by atoms with Gasteiger partial charge in [0.15, 0.2) is 5.43 Å². The van der Waals surface area contributed by atoms with E-state index in [0.717, 1.165) is 29.7 Å². The van der Waals surface area contributed by atoms with Crippen molar-refractivity contribution in [3.05, 3.63) is 104 Å². The average molecular weight is 474 g/mol. The maximum Gasteiger partial charge on any atom is 0.295 e. The van der Waals surface area contributed by atoms with Gasteiger partial charge in [0.1, 0.15) is 11.3 Å². The first-order valence-electron chi connectivity index (χ1n) is 11.4. The Morgan fingerprint density at radius 3 is 2.44 bits per heavy atom. The molecule has 3 aromatic carbocycles. The lowest BCUT2D eigenvalue weighted by Crippen LogP contribution is -2.29. The minimum atomic E-state index is -0.630. The van der Waals surface area contributed by atoms with Crippen LogP contribution in [0.3, 0.4) is 0 Å². The molecule has 5 nitrogen and oxygen atoms in total. The predicted molar refractivity (Wildman–Crippen MR) is 134 cm³/mol. The second kappa shape index (κ2) is 8.99. The van der Waals surface area contributed by atoms with E-state index < -0.39 is 6.04 Å². The van der Waals surface area contributed by atoms with E-state index in [2.05, 4.69) is 6.92 Å². The smallest absolute Gasteiger partial charge is 0.295 e. The van der Waals surface area contributed by atoms with Crippen LogP contribution in [0.5, 0.6) is 5.75 Å². The van der Waals surface area contributed by atoms with Crippen molar-refractivity contribution >= 4 is 34.2 Å². The van der Waals surface area contributed by atoms with E-state index in [1.165, 1.54) is 0 Å². The molecule has 4 aromatic rings. The number of halogens is 1. The zero-order valence-corrected chi connectivity index (χ0v) is 19.8. The quantitative estimate of drug-likeness (QED) is 0.293. The Labute approximate surface area is 202 Å². The zero-order valence-electron chi connectivity index (χ0n) is 19.0. The van der Waals surface area contributed by atoms with Gasteiger partial charge in [-0.25, -0.2) is 0 Å². The van der Waals surface area contributed by atoms with Crippen LogP contribution in [0.4, 0.5) is 5.69 Å². The molecule has 0 bridgehead atoms. The zero-order chi connectivity index (χ0) is 23.8. The molecule has 2 heterocycles. The molecule has 5 rings (SSSR count). The van der Waals surface area contributed by atoms with Crippen molar-refractivity contribution in [1.29, 1.82) is 0 Å². The fourth-order valence-corrected chi connectivity index (χ4v) is 4.48. The lowest BCUT2D eigenvalue weighted by Gasteiger charge is -2.25. The van der Waals surface area contributed by atoms with Gasteiger partial charge < -0.3 is 9.15 Å². The van der Waals surface area contributed by atoms with Gasteiger partial charge in [0.25, 0.3) is 5.91 Å². The number of hydrogen-bond acceptors (Lipinski definition) is 4. The fraction of sp³-hybridized carbons (Fsp3) is 0.214. The predicted octanol–water partition coefficient (Wildman–Crippen LogP) is 6.68. The number of hydrogen-bond donors (Lipinski definition) is 0. The van der Waals surface area contributed by atoms with E-state index in [4.69, 9.17) is 20.8 Å². The summed E-state index contributed by atoms with van der Waals surface area (Å²) in [5, 5.41) is 0.791.